The SMILES string of the molecule is CCCCS(=O)(=O)NCC#CCOc1ccc2cccnc2c1. The Morgan fingerprint density at radius 3 is 2.96 bits per heavy atom. The first-order valence-corrected chi connectivity index (χ1v) is 9.16. The molecule has 1 aromatic heterocycles. The average Bonchev–Trinajstić information content (AvgIpc) is 2.56. The van der Waals surface area contributed by atoms with Crippen LogP contribution in [0, 0.1) is 11.8 Å². The number of rotatable bonds is 7. The minimum Gasteiger partial charge on any atom is -0.481 e. The zero-order valence-corrected chi connectivity index (χ0v) is 13.9. The molecular weight excluding hydrogens is 312 g/mol. The summed E-state index contributed by atoms with van der Waals surface area (Å²) in [6, 6.07) is 9.52. The van der Waals surface area contributed by atoms with Gasteiger partial charge < -0.3 is 4.74 Å². The third-order valence-electron chi connectivity index (χ3n) is 3.16. The average molecular weight is 332 g/mol. The van der Waals surface area contributed by atoms with Gasteiger partial charge in [-0.15, -0.1) is 0 Å². The molecule has 1 heterocycles. The number of hydrogen-bond acceptors (Lipinski definition) is 4. The van der Waals surface area contributed by atoms with Crippen LogP contribution in [0.5, 0.6) is 5.75 Å². The van der Waals surface area contributed by atoms with Crippen LogP contribution in [-0.2, 0) is 10.0 Å². The van der Waals surface area contributed by atoms with Gasteiger partial charge in [-0.2, -0.15) is 0 Å². The molecule has 2 rings (SSSR count). The van der Waals surface area contributed by atoms with Crippen molar-refractivity contribution < 1.29 is 13.2 Å². The topological polar surface area (TPSA) is 68.3 Å². The largest absolute Gasteiger partial charge is 0.481 e. The highest BCUT2D eigenvalue weighted by Gasteiger charge is 2.06. The number of pyridine rings is 1. The number of unbranched alkanes of at least 4 members (excludes halogenated alkanes) is 1. The van der Waals surface area contributed by atoms with E-state index in [1.165, 1.54) is 0 Å². The Labute approximate surface area is 137 Å². The number of aromatic nitrogens is 1. The Bertz CT molecular complexity index is 807. The van der Waals surface area contributed by atoms with Crippen molar-refractivity contribution in [2.45, 2.75) is 19.8 Å². The lowest BCUT2D eigenvalue weighted by Gasteiger charge is -2.03. The molecule has 0 bridgehead atoms. The van der Waals surface area contributed by atoms with Gasteiger partial charge in [0.1, 0.15) is 12.4 Å². The van der Waals surface area contributed by atoms with Crippen LogP contribution >= 0.6 is 0 Å². The van der Waals surface area contributed by atoms with Crippen LogP contribution in [0.1, 0.15) is 19.8 Å². The molecular formula is C17H20N2O3S. The first-order chi connectivity index (χ1) is 11.1. The maximum atomic E-state index is 11.6. The van der Waals surface area contributed by atoms with Gasteiger partial charge in [-0.25, -0.2) is 13.1 Å². The van der Waals surface area contributed by atoms with Crippen LogP contribution in [0.25, 0.3) is 10.9 Å². The van der Waals surface area contributed by atoms with Crippen LogP contribution in [-0.4, -0.2) is 32.3 Å². The molecule has 0 spiro atoms. The molecule has 0 atom stereocenters. The van der Waals surface area contributed by atoms with Gasteiger partial charge in [-0.3, -0.25) is 4.98 Å². The predicted octanol–water partition coefficient (Wildman–Crippen LogP) is 2.34. The highest BCUT2D eigenvalue weighted by atomic mass is 32.2. The van der Waals surface area contributed by atoms with E-state index in [0.29, 0.717) is 12.2 Å². The Morgan fingerprint density at radius 2 is 2.13 bits per heavy atom. The van der Waals surface area contributed by atoms with Crippen LogP contribution in [0.15, 0.2) is 36.5 Å². The summed E-state index contributed by atoms with van der Waals surface area (Å²) in [5.74, 6) is 6.37. The van der Waals surface area contributed by atoms with E-state index in [2.05, 4.69) is 21.5 Å². The molecule has 5 nitrogen and oxygen atoms in total. The third-order valence-corrected chi connectivity index (χ3v) is 4.57. The molecule has 0 radical (unpaired) electrons. The summed E-state index contributed by atoms with van der Waals surface area (Å²) in [5.41, 5.74) is 0.863. The van der Waals surface area contributed by atoms with Crippen molar-refractivity contribution in [3.8, 4) is 17.6 Å². The lowest BCUT2D eigenvalue weighted by Crippen LogP contribution is -2.26. The molecule has 0 amide bonds. The second-order valence-electron chi connectivity index (χ2n) is 4.99. The van der Waals surface area contributed by atoms with Crippen LogP contribution in [0.3, 0.4) is 0 Å². The fraction of sp³-hybridized carbons (Fsp3) is 0.353. The van der Waals surface area contributed by atoms with E-state index in [-0.39, 0.29) is 18.9 Å². The Balaban J connectivity index is 1.78. The van der Waals surface area contributed by atoms with Crippen LogP contribution in [0.2, 0.25) is 0 Å². The van der Waals surface area contributed by atoms with E-state index in [4.69, 9.17) is 4.74 Å². The number of nitrogens with one attached hydrogen (secondary N) is 1. The quantitative estimate of drug-likeness (QED) is 0.790. The van der Waals surface area contributed by atoms with Crippen LogP contribution < -0.4 is 9.46 Å². The molecule has 1 aromatic carbocycles. The minimum atomic E-state index is -3.21. The summed E-state index contributed by atoms with van der Waals surface area (Å²) in [4.78, 5) is 4.26. The first-order valence-electron chi connectivity index (χ1n) is 7.51. The molecule has 0 fully saturated rings. The van der Waals surface area contributed by atoms with Crippen molar-refractivity contribution in [3.05, 3.63) is 36.5 Å². The number of ether oxygens (including phenoxy) is 1. The van der Waals surface area contributed by atoms with E-state index >= 15 is 0 Å². The van der Waals surface area contributed by atoms with Crippen molar-refractivity contribution in [2.24, 2.45) is 0 Å². The maximum Gasteiger partial charge on any atom is 0.212 e. The lowest BCUT2D eigenvalue weighted by molar-refractivity contribution is 0.370. The summed E-state index contributed by atoms with van der Waals surface area (Å²) in [7, 11) is -3.21. The highest BCUT2D eigenvalue weighted by molar-refractivity contribution is 7.89. The smallest absolute Gasteiger partial charge is 0.212 e. The van der Waals surface area contributed by atoms with Gasteiger partial charge in [-0.1, -0.05) is 31.3 Å². The van der Waals surface area contributed by atoms with Crippen molar-refractivity contribution in [1.82, 2.24) is 9.71 Å². The van der Waals surface area contributed by atoms with Crippen molar-refractivity contribution in [3.63, 3.8) is 0 Å². The van der Waals surface area contributed by atoms with Gasteiger partial charge in [0.25, 0.3) is 0 Å². The fourth-order valence-electron chi connectivity index (χ4n) is 1.92. The zero-order valence-electron chi connectivity index (χ0n) is 13.1. The van der Waals surface area contributed by atoms with Crippen LogP contribution in [0.4, 0.5) is 0 Å². The summed E-state index contributed by atoms with van der Waals surface area (Å²) >= 11 is 0. The normalized spacial score (nSPS) is 11.0. The van der Waals surface area contributed by atoms with Gasteiger partial charge >= 0.3 is 0 Å². The summed E-state index contributed by atoms with van der Waals surface area (Å²) in [6.45, 7) is 2.26. The second kappa shape index (κ2) is 8.51. The lowest BCUT2D eigenvalue weighted by atomic mass is 10.2. The third kappa shape index (κ3) is 5.89. The Morgan fingerprint density at radius 1 is 1.26 bits per heavy atom. The minimum absolute atomic E-state index is 0.106. The number of nitrogens with zero attached hydrogens (tertiary/aromatic N) is 1. The maximum absolute atomic E-state index is 11.6. The molecule has 0 aliphatic heterocycles. The molecule has 6 heteroatoms. The second-order valence-corrected chi connectivity index (χ2v) is 6.92. The van der Waals surface area contributed by atoms with E-state index in [0.717, 1.165) is 17.3 Å². The Kier molecular flexibility index (Phi) is 6.39. The summed E-state index contributed by atoms with van der Waals surface area (Å²) in [6.07, 6.45) is 3.24. The van der Waals surface area contributed by atoms with Gasteiger partial charge in [0.05, 0.1) is 17.8 Å². The number of sulfonamides is 1. The molecule has 2 aromatic rings. The zero-order chi connectivity index (χ0) is 16.5. The molecule has 0 saturated carbocycles. The molecule has 0 aliphatic rings. The van der Waals surface area contributed by atoms with Gasteiger partial charge in [0, 0.05) is 17.6 Å². The fourth-order valence-corrected chi connectivity index (χ4v) is 3.03. The first kappa shape index (κ1) is 17.3. The summed E-state index contributed by atoms with van der Waals surface area (Å²) in [5, 5.41) is 1.05. The molecule has 0 aliphatic carbocycles. The van der Waals surface area contributed by atoms with E-state index in [1.807, 2.05) is 37.3 Å². The van der Waals surface area contributed by atoms with Crippen molar-refractivity contribution >= 4 is 20.9 Å². The van der Waals surface area contributed by atoms with E-state index in [9.17, 15) is 8.42 Å². The molecule has 0 saturated heterocycles. The summed E-state index contributed by atoms with van der Waals surface area (Å²) < 4.78 is 31.1. The van der Waals surface area contributed by atoms with E-state index in [1.54, 1.807) is 6.20 Å². The van der Waals surface area contributed by atoms with Crippen molar-refractivity contribution in [1.29, 1.82) is 0 Å². The molecule has 1 N–H and O–H groups in total. The van der Waals surface area contributed by atoms with Gasteiger partial charge in [0.2, 0.25) is 10.0 Å². The molecule has 122 valence electrons. The van der Waals surface area contributed by atoms with Gasteiger partial charge in [-0.05, 0) is 24.6 Å². The number of fused-ring (bicyclic) bond motifs is 1. The molecule has 23 heavy (non-hydrogen) atoms. The predicted molar refractivity (Wildman–Crippen MR) is 91.7 cm³/mol. The van der Waals surface area contributed by atoms with Crippen molar-refractivity contribution in [2.75, 3.05) is 18.9 Å². The van der Waals surface area contributed by atoms with Gasteiger partial charge in [0.15, 0.2) is 0 Å². The number of benzene rings is 1. The monoisotopic (exact) mass is 332 g/mol. The Hall–Kier alpha value is -2.10. The standard InChI is InChI=1S/C17H20N2O3S/c1-2-3-13-23(20,21)19-11-4-5-12-22-16-9-8-15-7-6-10-18-17(15)14-16/h6-10,14,19H,2-3,11-13H2,1H3. The molecule has 0 unspecified atom stereocenters. The number of hydrogen-bond donors (Lipinski definition) is 1. The van der Waals surface area contributed by atoms with E-state index < -0.39 is 10.0 Å². The highest BCUT2D eigenvalue weighted by Crippen LogP contribution is 2.18.